The predicted octanol–water partition coefficient (Wildman–Crippen LogP) is 6.49. The van der Waals surface area contributed by atoms with E-state index in [2.05, 4.69) is 13.8 Å². The van der Waals surface area contributed by atoms with E-state index < -0.39 is 0 Å². The summed E-state index contributed by atoms with van der Waals surface area (Å²) in [7, 11) is 0. The van der Waals surface area contributed by atoms with Crippen molar-refractivity contribution in [3.8, 4) is 0 Å². The van der Waals surface area contributed by atoms with Crippen LogP contribution in [-0.2, 0) is 0 Å². The molecule has 3 fully saturated rings. The Morgan fingerprint density at radius 1 is 0.421 bits per heavy atom. The van der Waals surface area contributed by atoms with E-state index >= 15 is 0 Å². The Bertz CT molecular complexity index is 270. The van der Waals surface area contributed by atoms with Gasteiger partial charge in [0.25, 0.3) is 0 Å². The second-order valence-electron chi connectivity index (χ2n) is 8.53. The lowest BCUT2D eigenvalue weighted by Gasteiger charge is -2.60. The third-order valence-electron chi connectivity index (χ3n) is 7.68. The van der Waals surface area contributed by atoms with Crippen LogP contribution in [-0.4, -0.2) is 0 Å². The average molecular weight is 262 g/mol. The summed E-state index contributed by atoms with van der Waals surface area (Å²) in [6.07, 6.45) is 21.3. The normalized spacial score (nSPS) is 33.2. The molecule has 110 valence electrons. The zero-order chi connectivity index (χ0) is 13.4. The van der Waals surface area contributed by atoms with Gasteiger partial charge in [0, 0.05) is 0 Å². The van der Waals surface area contributed by atoms with Crippen molar-refractivity contribution in [2.45, 2.75) is 104 Å². The molecule has 0 N–H and O–H groups in total. The smallest absolute Gasteiger partial charge is 0.0190 e. The van der Waals surface area contributed by atoms with E-state index in [1.54, 1.807) is 12.8 Å². The van der Waals surface area contributed by atoms with Gasteiger partial charge in [0.1, 0.15) is 0 Å². The Labute approximate surface area is 120 Å². The topological polar surface area (TPSA) is 0 Å². The Kier molecular flexibility index (Phi) is 3.73. The van der Waals surface area contributed by atoms with Gasteiger partial charge in [-0.05, 0) is 54.8 Å². The van der Waals surface area contributed by atoms with Crippen LogP contribution in [0.25, 0.3) is 0 Å². The molecular weight excluding hydrogens is 228 g/mol. The minimum absolute atomic E-state index is 0.674. The SMILES string of the molecule is CC1(C2(C3(C)CCCCC3)CCCC2)CCCCC1. The highest BCUT2D eigenvalue weighted by Gasteiger charge is 2.58. The van der Waals surface area contributed by atoms with Gasteiger partial charge in [-0.3, -0.25) is 0 Å². The molecule has 0 aromatic carbocycles. The van der Waals surface area contributed by atoms with E-state index in [-0.39, 0.29) is 0 Å². The molecule has 0 aromatic rings. The zero-order valence-electron chi connectivity index (χ0n) is 13.4. The maximum absolute atomic E-state index is 2.69. The van der Waals surface area contributed by atoms with Gasteiger partial charge in [-0.15, -0.1) is 0 Å². The lowest BCUT2D eigenvalue weighted by atomic mass is 9.45. The van der Waals surface area contributed by atoms with Crippen molar-refractivity contribution in [2.24, 2.45) is 16.2 Å². The molecule has 0 aliphatic heterocycles. The largest absolute Gasteiger partial charge is 0.0591 e. The molecule has 3 aliphatic carbocycles. The van der Waals surface area contributed by atoms with Crippen LogP contribution in [0.4, 0.5) is 0 Å². The molecule has 3 aliphatic rings. The molecule has 0 radical (unpaired) electrons. The lowest BCUT2D eigenvalue weighted by molar-refractivity contribution is -0.105. The second-order valence-corrected chi connectivity index (χ2v) is 8.53. The highest BCUT2D eigenvalue weighted by Crippen LogP contribution is 2.68. The van der Waals surface area contributed by atoms with Crippen molar-refractivity contribution in [2.75, 3.05) is 0 Å². The van der Waals surface area contributed by atoms with Crippen LogP contribution in [0.5, 0.6) is 0 Å². The first-order valence-electron chi connectivity index (χ1n) is 9.12. The van der Waals surface area contributed by atoms with E-state index in [1.807, 2.05) is 0 Å². The Balaban J connectivity index is 1.93. The van der Waals surface area contributed by atoms with Crippen molar-refractivity contribution in [3.05, 3.63) is 0 Å². The summed E-state index contributed by atoms with van der Waals surface area (Å²) in [4.78, 5) is 0. The molecule has 3 rings (SSSR count). The molecule has 19 heavy (non-hydrogen) atoms. The summed E-state index contributed by atoms with van der Waals surface area (Å²) in [6.45, 7) is 5.38. The zero-order valence-corrected chi connectivity index (χ0v) is 13.4. The molecule has 3 saturated carbocycles. The molecule has 0 saturated heterocycles. The van der Waals surface area contributed by atoms with Crippen molar-refractivity contribution < 1.29 is 0 Å². The summed E-state index contributed by atoms with van der Waals surface area (Å²) in [5.74, 6) is 0. The maximum atomic E-state index is 2.69. The van der Waals surface area contributed by atoms with E-state index in [9.17, 15) is 0 Å². The van der Waals surface area contributed by atoms with Gasteiger partial charge in [0.05, 0.1) is 0 Å². The van der Waals surface area contributed by atoms with Crippen molar-refractivity contribution >= 4 is 0 Å². The fraction of sp³-hybridized carbons (Fsp3) is 1.00. The van der Waals surface area contributed by atoms with E-state index in [4.69, 9.17) is 0 Å². The molecular formula is C19H34. The summed E-state index contributed by atoms with van der Waals surface area (Å²) in [6, 6.07) is 0. The van der Waals surface area contributed by atoms with Crippen LogP contribution in [0.2, 0.25) is 0 Å². The van der Waals surface area contributed by atoms with E-state index in [0.717, 1.165) is 0 Å². The first-order chi connectivity index (χ1) is 9.12. The Hall–Kier alpha value is 0. The number of hydrogen-bond acceptors (Lipinski definition) is 0. The number of hydrogen-bond donors (Lipinski definition) is 0. The van der Waals surface area contributed by atoms with Gasteiger partial charge < -0.3 is 0 Å². The summed E-state index contributed by atoms with van der Waals surface area (Å²) < 4.78 is 0. The summed E-state index contributed by atoms with van der Waals surface area (Å²) in [5.41, 5.74) is 2.06. The lowest BCUT2D eigenvalue weighted by Crippen LogP contribution is -2.51. The predicted molar refractivity (Wildman–Crippen MR) is 83.3 cm³/mol. The summed E-state index contributed by atoms with van der Waals surface area (Å²) >= 11 is 0. The first-order valence-corrected chi connectivity index (χ1v) is 9.12. The maximum Gasteiger partial charge on any atom is -0.0190 e. The van der Waals surface area contributed by atoms with Gasteiger partial charge >= 0.3 is 0 Å². The van der Waals surface area contributed by atoms with Crippen LogP contribution in [0.3, 0.4) is 0 Å². The molecule has 0 aromatic heterocycles. The Morgan fingerprint density at radius 2 is 0.737 bits per heavy atom. The van der Waals surface area contributed by atoms with Gasteiger partial charge in [-0.1, -0.05) is 65.2 Å². The van der Waals surface area contributed by atoms with E-state index in [1.165, 1.54) is 77.0 Å². The van der Waals surface area contributed by atoms with Gasteiger partial charge in [-0.25, -0.2) is 0 Å². The molecule has 0 spiro atoms. The molecule has 0 unspecified atom stereocenters. The minimum atomic E-state index is 0.674. The molecule has 0 heteroatoms. The van der Waals surface area contributed by atoms with Crippen LogP contribution in [0.15, 0.2) is 0 Å². The molecule has 0 nitrogen and oxygen atoms in total. The third-order valence-corrected chi connectivity index (χ3v) is 7.68. The van der Waals surface area contributed by atoms with Gasteiger partial charge in [-0.2, -0.15) is 0 Å². The second kappa shape index (κ2) is 5.08. The number of rotatable bonds is 2. The van der Waals surface area contributed by atoms with Crippen LogP contribution in [0.1, 0.15) is 104 Å². The highest BCUT2D eigenvalue weighted by atomic mass is 14.6. The molecule has 0 amide bonds. The first kappa shape index (κ1) is 14.0. The quantitative estimate of drug-likeness (QED) is 0.533. The fourth-order valence-electron chi connectivity index (χ4n) is 6.54. The molecule has 0 bridgehead atoms. The van der Waals surface area contributed by atoms with Crippen LogP contribution < -0.4 is 0 Å². The highest BCUT2D eigenvalue weighted by molar-refractivity contribution is 5.08. The Morgan fingerprint density at radius 3 is 1.11 bits per heavy atom. The molecule has 0 atom stereocenters. The average Bonchev–Trinajstić information content (AvgIpc) is 2.92. The van der Waals surface area contributed by atoms with Gasteiger partial charge in [0.15, 0.2) is 0 Å². The fourth-order valence-corrected chi connectivity index (χ4v) is 6.54. The monoisotopic (exact) mass is 262 g/mol. The van der Waals surface area contributed by atoms with Crippen LogP contribution in [0, 0.1) is 16.2 Å². The standard InChI is InChI=1S/C19H34/c1-17(11-5-3-6-12-17)19(15-9-10-16-19)18(2)13-7-4-8-14-18/h3-16H2,1-2H3. The minimum Gasteiger partial charge on any atom is -0.0591 e. The van der Waals surface area contributed by atoms with Crippen LogP contribution >= 0.6 is 0 Å². The molecule has 0 heterocycles. The van der Waals surface area contributed by atoms with E-state index in [0.29, 0.717) is 16.2 Å². The van der Waals surface area contributed by atoms with Gasteiger partial charge in [0.2, 0.25) is 0 Å². The van der Waals surface area contributed by atoms with Crippen molar-refractivity contribution in [3.63, 3.8) is 0 Å². The third kappa shape index (κ3) is 2.09. The van der Waals surface area contributed by atoms with Crippen molar-refractivity contribution in [1.82, 2.24) is 0 Å². The summed E-state index contributed by atoms with van der Waals surface area (Å²) in [5, 5.41) is 0. The van der Waals surface area contributed by atoms with Crippen molar-refractivity contribution in [1.29, 1.82) is 0 Å².